The average molecular weight is 299 g/mol. The lowest BCUT2D eigenvalue weighted by atomic mass is 10.1. The molecule has 0 spiro atoms. The Bertz CT molecular complexity index is 453. The lowest BCUT2D eigenvalue weighted by Crippen LogP contribution is -2.39. The highest BCUT2D eigenvalue weighted by Crippen LogP contribution is 2.09. The number of guanidine groups is 1. The third-order valence-electron chi connectivity index (χ3n) is 2.89. The Kier molecular flexibility index (Phi) is 8.35. The smallest absolute Gasteiger partial charge is 0.190 e. The van der Waals surface area contributed by atoms with Crippen LogP contribution in [0, 0.1) is 11.6 Å². The number of hydrogen-bond donors (Lipinski definition) is 2. The van der Waals surface area contributed by atoms with Crippen molar-refractivity contribution < 1.29 is 13.5 Å². The molecule has 0 aliphatic carbocycles. The van der Waals surface area contributed by atoms with Gasteiger partial charge in [-0.05, 0) is 31.4 Å². The number of halogens is 2. The minimum Gasteiger partial charge on any atom is -0.382 e. The Hall–Kier alpha value is -1.69. The molecule has 0 aliphatic heterocycles. The zero-order chi connectivity index (χ0) is 15.5. The molecule has 21 heavy (non-hydrogen) atoms. The molecule has 0 amide bonds. The molecular weight excluding hydrogens is 276 g/mol. The van der Waals surface area contributed by atoms with Crippen LogP contribution in [0.25, 0.3) is 0 Å². The summed E-state index contributed by atoms with van der Waals surface area (Å²) in [7, 11) is 1.68. The van der Waals surface area contributed by atoms with Crippen LogP contribution < -0.4 is 10.6 Å². The van der Waals surface area contributed by atoms with E-state index in [0.29, 0.717) is 31.1 Å². The van der Waals surface area contributed by atoms with Gasteiger partial charge in [-0.15, -0.1) is 0 Å². The minimum absolute atomic E-state index is 0.464. The summed E-state index contributed by atoms with van der Waals surface area (Å²) in [4.78, 5) is 4.07. The molecule has 0 bridgehead atoms. The molecule has 1 aromatic rings. The highest BCUT2D eigenvalue weighted by molar-refractivity contribution is 5.79. The van der Waals surface area contributed by atoms with Crippen molar-refractivity contribution in [3.05, 3.63) is 35.4 Å². The van der Waals surface area contributed by atoms with Gasteiger partial charge in [-0.2, -0.15) is 0 Å². The van der Waals surface area contributed by atoms with Crippen molar-refractivity contribution in [1.29, 1.82) is 0 Å². The van der Waals surface area contributed by atoms with Crippen LogP contribution in [0.4, 0.5) is 8.78 Å². The summed E-state index contributed by atoms with van der Waals surface area (Å²) in [6.07, 6.45) is 1.35. The van der Waals surface area contributed by atoms with Gasteiger partial charge in [0, 0.05) is 39.4 Å². The van der Waals surface area contributed by atoms with Gasteiger partial charge in [0.15, 0.2) is 5.96 Å². The van der Waals surface area contributed by atoms with Crippen LogP contribution in [0.1, 0.15) is 18.9 Å². The Morgan fingerprint density at radius 3 is 2.67 bits per heavy atom. The molecule has 4 nitrogen and oxygen atoms in total. The van der Waals surface area contributed by atoms with E-state index in [2.05, 4.69) is 15.6 Å². The van der Waals surface area contributed by atoms with Gasteiger partial charge in [0.2, 0.25) is 0 Å². The first kappa shape index (κ1) is 17.4. The molecule has 1 rings (SSSR count). The van der Waals surface area contributed by atoms with E-state index in [1.54, 1.807) is 7.05 Å². The van der Waals surface area contributed by atoms with E-state index in [1.165, 1.54) is 12.1 Å². The Morgan fingerprint density at radius 2 is 2.00 bits per heavy atom. The van der Waals surface area contributed by atoms with Gasteiger partial charge in [0.05, 0.1) is 0 Å². The summed E-state index contributed by atoms with van der Waals surface area (Å²) >= 11 is 0. The van der Waals surface area contributed by atoms with Crippen molar-refractivity contribution >= 4 is 5.96 Å². The first-order valence-corrected chi connectivity index (χ1v) is 7.13. The van der Waals surface area contributed by atoms with Crippen LogP contribution >= 0.6 is 0 Å². The fourth-order valence-corrected chi connectivity index (χ4v) is 1.79. The van der Waals surface area contributed by atoms with Crippen molar-refractivity contribution in [3.63, 3.8) is 0 Å². The van der Waals surface area contributed by atoms with Gasteiger partial charge < -0.3 is 15.4 Å². The normalized spacial score (nSPS) is 11.5. The molecule has 0 saturated carbocycles. The van der Waals surface area contributed by atoms with Crippen molar-refractivity contribution in [2.75, 3.05) is 33.4 Å². The van der Waals surface area contributed by atoms with E-state index in [4.69, 9.17) is 4.74 Å². The lowest BCUT2D eigenvalue weighted by Gasteiger charge is -2.12. The Labute approximate surface area is 124 Å². The molecule has 0 fully saturated rings. The highest BCUT2D eigenvalue weighted by Gasteiger charge is 2.04. The lowest BCUT2D eigenvalue weighted by molar-refractivity contribution is 0.145. The third-order valence-corrected chi connectivity index (χ3v) is 2.89. The molecule has 0 saturated heterocycles. The SMILES string of the molecule is CCOCCCNC(=NC)NCCc1ccc(F)cc1F. The predicted octanol–water partition coefficient (Wildman–Crippen LogP) is 2.10. The van der Waals surface area contributed by atoms with Crippen molar-refractivity contribution in [2.24, 2.45) is 4.99 Å². The molecule has 6 heteroatoms. The summed E-state index contributed by atoms with van der Waals surface area (Å²) in [6.45, 7) is 4.66. The fraction of sp³-hybridized carbons (Fsp3) is 0.533. The second-order valence-electron chi connectivity index (χ2n) is 4.46. The Morgan fingerprint density at radius 1 is 1.24 bits per heavy atom. The van der Waals surface area contributed by atoms with Gasteiger partial charge >= 0.3 is 0 Å². The first-order valence-electron chi connectivity index (χ1n) is 7.13. The molecule has 0 aromatic heterocycles. The molecule has 2 N–H and O–H groups in total. The topological polar surface area (TPSA) is 45.6 Å². The molecule has 118 valence electrons. The van der Waals surface area contributed by atoms with Crippen molar-refractivity contribution in [3.8, 4) is 0 Å². The van der Waals surface area contributed by atoms with E-state index < -0.39 is 11.6 Å². The molecule has 1 aromatic carbocycles. The van der Waals surface area contributed by atoms with Gasteiger partial charge in [0.25, 0.3) is 0 Å². The molecule has 0 unspecified atom stereocenters. The van der Waals surface area contributed by atoms with Gasteiger partial charge in [0.1, 0.15) is 11.6 Å². The van der Waals surface area contributed by atoms with E-state index in [9.17, 15) is 8.78 Å². The number of benzene rings is 1. The molecule has 0 heterocycles. The number of ether oxygens (including phenoxy) is 1. The van der Waals surface area contributed by atoms with Crippen LogP contribution in [0.3, 0.4) is 0 Å². The quantitative estimate of drug-likeness (QED) is 0.439. The summed E-state index contributed by atoms with van der Waals surface area (Å²) in [5.41, 5.74) is 0.482. The monoisotopic (exact) mass is 299 g/mol. The largest absolute Gasteiger partial charge is 0.382 e. The zero-order valence-corrected chi connectivity index (χ0v) is 12.6. The van der Waals surface area contributed by atoms with E-state index in [1.807, 2.05) is 6.92 Å². The van der Waals surface area contributed by atoms with Gasteiger partial charge in [-0.1, -0.05) is 6.07 Å². The number of nitrogens with one attached hydrogen (secondary N) is 2. The summed E-state index contributed by atoms with van der Waals surface area (Å²) in [5.74, 6) is -0.415. The number of nitrogens with zero attached hydrogens (tertiary/aromatic N) is 1. The maximum absolute atomic E-state index is 13.5. The second kappa shape index (κ2) is 10.1. The summed E-state index contributed by atoms with van der Waals surface area (Å²) in [6, 6.07) is 3.62. The van der Waals surface area contributed by atoms with Crippen LogP contribution in [0.2, 0.25) is 0 Å². The van der Waals surface area contributed by atoms with E-state index in [-0.39, 0.29) is 0 Å². The van der Waals surface area contributed by atoms with E-state index >= 15 is 0 Å². The molecular formula is C15H23F2N3O. The molecule has 0 radical (unpaired) electrons. The highest BCUT2D eigenvalue weighted by atomic mass is 19.1. The fourth-order valence-electron chi connectivity index (χ4n) is 1.79. The minimum atomic E-state index is -0.559. The molecule has 0 atom stereocenters. The maximum Gasteiger partial charge on any atom is 0.190 e. The van der Waals surface area contributed by atoms with E-state index in [0.717, 1.165) is 25.6 Å². The summed E-state index contributed by atoms with van der Waals surface area (Å²) in [5, 5.41) is 6.23. The van der Waals surface area contributed by atoms with Crippen molar-refractivity contribution in [2.45, 2.75) is 19.8 Å². The summed E-state index contributed by atoms with van der Waals surface area (Å²) < 4.78 is 31.5. The maximum atomic E-state index is 13.5. The number of rotatable bonds is 8. The third kappa shape index (κ3) is 7.04. The van der Waals surface area contributed by atoms with Gasteiger partial charge in [-0.25, -0.2) is 8.78 Å². The van der Waals surface area contributed by atoms with Crippen LogP contribution in [-0.4, -0.2) is 39.3 Å². The molecule has 0 aliphatic rings. The number of aliphatic imine (C=N–C) groups is 1. The van der Waals surface area contributed by atoms with Crippen LogP contribution in [0.5, 0.6) is 0 Å². The number of hydrogen-bond acceptors (Lipinski definition) is 2. The second-order valence-corrected chi connectivity index (χ2v) is 4.46. The zero-order valence-electron chi connectivity index (χ0n) is 12.6. The average Bonchev–Trinajstić information content (AvgIpc) is 2.47. The van der Waals surface area contributed by atoms with Crippen LogP contribution in [0.15, 0.2) is 23.2 Å². The first-order chi connectivity index (χ1) is 10.2. The van der Waals surface area contributed by atoms with Gasteiger partial charge in [-0.3, -0.25) is 4.99 Å². The van der Waals surface area contributed by atoms with Crippen LogP contribution in [-0.2, 0) is 11.2 Å². The van der Waals surface area contributed by atoms with Crippen molar-refractivity contribution in [1.82, 2.24) is 10.6 Å². The predicted molar refractivity (Wildman–Crippen MR) is 80.5 cm³/mol. The Balaban J connectivity index is 2.26. The standard InChI is InChI=1S/C15H23F2N3O/c1-3-21-10-4-8-19-15(18-2)20-9-7-12-5-6-13(16)11-14(12)17/h5-6,11H,3-4,7-10H2,1-2H3,(H2,18,19,20).